The molecular formula is C23H23Cl2NS. The fraction of sp³-hybridized carbons (Fsp3) is 0.217. The van der Waals surface area contributed by atoms with E-state index in [1.54, 1.807) is 17.8 Å². The topological polar surface area (TPSA) is 26.0 Å². The molecule has 0 amide bonds. The molecule has 0 saturated carbocycles. The van der Waals surface area contributed by atoms with Gasteiger partial charge in [0.1, 0.15) is 0 Å². The molecule has 0 saturated heterocycles. The van der Waals surface area contributed by atoms with Crippen molar-refractivity contribution in [3.05, 3.63) is 99.5 Å². The number of benzene rings is 3. The lowest BCUT2D eigenvalue weighted by Gasteiger charge is -2.24. The third-order valence-corrected chi connectivity index (χ3v) is 6.40. The molecule has 0 aromatic heterocycles. The van der Waals surface area contributed by atoms with E-state index >= 15 is 0 Å². The molecule has 2 atom stereocenters. The molecule has 0 spiro atoms. The molecule has 2 unspecified atom stereocenters. The molecule has 0 aliphatic carbocycles. The lowest BCUT2D eigenvalue weighted by atomic mass is 9.82. The summed E-state index contributed by atoms with van der Waals surface area (Å²) in [5, 5.41) is 1.38. The molecule has 0 bridgehead atoms. The zero-order valence-corrected chi connectivity index (χ0v) is 17.6. The van der Waals surface area contributed by atoms with Gasteiger partial charge in [0.15, 0.2) is 0 Å². The molecule has 2 N–H and O–H groups in total. The molecule has 4 heteroatoms. The Morgan fingerprint density at radius 1 is 0.889 bits per heavy atom. The SMILES string of the molecule is CC(CN)C(c1ccccc1)c1ccc(SCc2ccc(Cl)cc2Cl)cc1. The maximum atomic E-state index is 6.27. The maximum absolute atomic E-state index is 6.27. The lowest BCUT2D eigenvalue weighted by Crippen LogP contribution is -2.20. The summed E-state index contributed by atoms with van der Waals surface area (Å²) in [6.07, 6.45) is 0. The number of rotatable bonds is 7. The second-order valence-corrected chi connectivity index (χ2v) is 8.59. The van der Waals surface area contributed by atoms with Gasteiger partial charge in [-0.05, 0) is 53.4 Å². The van der Waals surface area contributed by atoms with E-state index in [0.29, 0.717) is 28.4 Å². The number of hydrogen-bond donors (Lipinski definition) is 1. The van der Waals surface area contributed by atoms with Gasteiger partial charge < -0.3 is 5.73 Å². The average molecular weight is 416 g/mol. The summed E-state index contributed by atoms with van der Waals surface area (Å²) in [5.74, 6) is 1.50. The third-order valence-electron chi connectivity index (χ3n) is 4.75. The first-order chi connectivity index (χ1) is 13.1. The minimum atomic E-state index is 0.306. The summed E-state index contributed by atoms with van der Waals surface area (Å²) < 4.78 is 0. The molecule has 3 aromatic rings. The van der Waals surface area contributed by atoms with Crippen molar-refractivity contribution in [3.63, 3.8) is 0 Å². The van der Waals surface area contributed by atoms with Crippen LogP contribution in [0.15, 0.2) is 77.7 Å². The molecule has 0 heterocycles. The monoisotopic (exact) mass is 415 g/mol. The van der Waals surface area contributed by atoms with Gasteiger partial charge in [-0.3, -0.25) is 0 Å². The van der Waals surface area contributed by atoms with Gasteiger partial charge in [-0.15, -0.1) is 11.8 Å². The van der Waals surface area contributed by atoms with Crippen LogP contribution in [0.5, 0.6) is 0 Å². The summed E-state index contributed by atoms with van der Waals surface area (Å²) in [6, 6.07) is 25.1. The number of thioether (sulfide) groups is 1. The molecular weight excluding hydrogens is 393 g/mol. The van der Waals surface area contributed by atoms with Gasteiger partial charge in [0.05, 0.1) is 0 Å². The quantitative estimate of drug-likeness (QED) is 0.419. The molecule has 0 fully saturated rings. The first kappa shape index (κ1) is 20.3. The molecule has 0 aliphatic rings. The van der Waals surface area contributed by atoms with Crippen LogP contribution in [0.4, 0.5) is 0 Å². The third kappa shape index (κ3) is 5.30. The average Bonchev–Trinajstić information content (AvgIpc) is 2.69. The minimum Gasteiger partial charge on any atom is -0.330 e. The maximum Gasteiger partial charge on any atom is 0.0461 e. The molecule has 27 heavy (non-hydrogen) atoms. The van der Waals surface area contributed by atoms with Gasteiger partial charge in [0.2, 0.25) is 0 Å². The Kier molecular flexibility index (Phi) is 7.26. The van der Waals surface area contributed by atoms with E-state index in [2.05, 4.69) is 61.5 Å². The molecule has 0 radical (unpaired) electrons. The summed E-state index contributed by atoms with van der Waals surface area (Å²) in [6.45, 7) is 2.87. The van der Waals surface area contributed by atoms with Gasteiger partial charge in [-0.2, -0.15) is 0 Å². The van der Waals surface area contributed by atoms with Crippen LogP contribution in [0, 0.1) is 5.92 Å². The largest absolute Gasteiger partial charge is 0.330 e. The molecule has 1 nitrogen and oxygen atoms in total. The van der Waals surface area contributed by atoms with Gasteiger partial charge in [0.25, 0.3) is 0 Å². The summed E-state index contributed by atoms with van der Waals surface area (Å²) in [4.78, 5) is 1.22. The molecule has 3 aromatic carbocycles. The predicted molar refractivity (Wildman–Crippen MR) is 119 cm³/mol. The van der Waals surface area contributed by atoms with Crippen LogP contribution in [0.3, 0.4) is 0 Å². The van der Waals surface area contributed by atoms with Crippen molar-refractivity contribution in [2.24, 2.45) is 11.7 Å². The number of hydrogen-bond acceptors (Lipinski definition) is 2. The normalized spacial score (nSPS) is 13.3. The van der Waals surface area contributed by atoms with E-state index in [4.69, 9.17) is 28.9 Å². The van der Waals surface area contributed by atoms with Crippen LogP contribution in [0.25, 0.3) is 0 Å². The lowest BCUT2D eigenvalue weighted by molar-refractivity contribution is 0.523. The highest BCUT2D eigenvalue weighted by molar-refractivity contribution is 7.98. The standard InChI is InChI=1S/C23H23Cl2NS/c1-16(14-26)23(17-5-3-2-4-6-17)18-8-11-21(12-9-18)27-15-19-7-10-20(24)13-22(19)25/h2-13,16,23H,14-15,26H2,1H3. The van der Waals surface area contributed by atoms with Crippen molar-refractivity contribution < 1.29 is 0 Å². The Morgan fingerprint density at radius 3 is 2.19 bits per heavy atom. The fourth-order valence-corrected chi connectivity index (χ4v) is 4.67. The number of nitrogens with two attached hydrogens (primary N) is 1. The van der Waals surface area contributed by atoms with Crippen LogP contribution in [-0.4, -0.2) is 6.54 Å². The van der Waals surface area contributed by atoms with Gasteiger partial charge in [-0.1, -0.05) is 78.7 Å². The first-order valence-electron chi connectivity index (χ1n) is 9.00. The van der Waals surface area contributed by atoms with Crippen LogP contribution < -0.4 is 5.73 Å². The Hall–Kier alpha value is -1.45. The van der Waals surface area contributed by atoms with E-state index in [0.717, 1.165) is 11.3 Å². The van der Waals surface area contributed by atoms with Crippen molar-refractivity contribution >= 4 is 35.0 Å². The van der Waals surface area contributed by atoms with Crippen LogP contribution in [0.2, 0.25) is 10.0 Å². The molecule has 3 rings (SSSR count). The first-order valence-corrected chi connectivity index (χ1v) is 10.7. The van der Waals surface area contributed by atoms with Crippen molar-refractivity contribution in [2.45, 2.75) is 23.5 Å². The minimum absolute atomic E-state index is 0.306. The van der Waals surface area contributed by atoms with Crippen LogP contribution >= 0.6 is 35.0 Å². The van der Waals surface area contributed by atoms with Gasteiger partial charge in [0, 0.05) is 26.6 Å². The Balaban J connectivity index is 1.75. The fourth-order valence-electron chi connectivity index (χ4n) is 3.22. The van der Waals surface area contributed by atoms with E-state index in [1.165, 1.54) is 16.0 Å². The van der Waals surface area contributed by atoms with Crippen LogP contribution in [-0.2, 0) is 5.75 Å². The highest BCUT2D eigenvalue weighted by Crippen LogP contribution is 2.34. The summed E-state index contributed by atoms with van der Waals surface area (Å²) in [7, 11) is 0. The summed E-state index contributed by atoms with van der Waals surface area (Å²) >= 11 is 14.0. The van der Waals surface area contributed by atoms with E-state index in [1.807, 2.05) is 12.1 Å². The van der Waals surface area contributed by atoms with Gasteiger partial charge >= 0.3 is 0 Å². The van der Waals surface area contributed by atoms with Crippen LogP contribution in [0.1, 0.15) is 29.5 Å². The van der Waals surface area contributed by atoms with E-state index in [9.17, 15) is 0 Å². The number of halogens is 2. The summed E-state index contributed by atoms with van der Waals surface area (Å²) in [5.41, 5.74) is 9.69. The zero-order valence-electron chi connectivity index (χ0n) is 15.2. The smallest absolute Gasteiger partial charge is 0.0461 e. The zero-order chi connectivity index (χ0) is 19.2. The van der Waals surface area contributed by atoms with Crippen molar-refractivity contribution in [2.75, 3.05) is 6.54 Å². The predicted octanol–water partition coefficient (Wildman–Crippen LogP) is 7.01. The Labute approximate surface area is 175 Å². The second-order valence-electron chi connectivity index (χ2n) is 6.69. The van der Waals surface area contributed by atoms with Crippen molar-refractivity contribution in [1.29, 1.82) is 0 Å². The van der Waals surface area contributed by atoms with E-state index in [-0.39, 0.29) is 0 Å². The van der Waals surface area contributed by atoms with Crippen molar-refractivity contribution in [1.82, 2.24) is 0 Å². The highest BCUT2D eigenvalue weighted by Gasteiger charge is 2.20. The Bertz CT molecular complexity index is 865. The second kappa shape index (κ2) is 9.66. The van der Waals surface area contributed by atoms with Gasteiger partial charge in [-0.25, -0.2) is 0 Å². The molecule has 0 aliphatic heterocycles. The Morgan fingerprint density at radius 2 is 1.56 bits per heavy atom. The van der Waals surface area contributed by atoms with E-state index < -0.39 is 0 Å². The van der Waals surface area contributed by atoms with Crippen molar-refractivity contribution in [3.8, 4) is 0 Å². The molecule has 140 valence electrons. The highest BCUT2D eigenvalue weighted by atomic mass is 35.5.